The fourth-order valence-electron chi connectivity index (χ4n) is 3.93. The summed E-state index contributed by atoms with van der Waals surface area (Å²) in [6.07, 6.45) is 10.0. The maximum absolute atomic E-state index is 12.5. The van der Waals surface area contributed by atoms with Crippen LogP contribution in [0.5, 0.6) is 0 Å². The molecule has 3 rings (SSSR count). The van der Waals surface area contributed by atoms with E-state index < -0.39 is 0 Å². The van der Waals surface area contributed by atoms with Crippen molar-refractivity contribution in [3.63, 3.8) is 0 Å². The van der Waals surface area contributed by atoms with Gasteiger partial charge in [-0.1, -0.05) is 12.8 Å². The molecule has 0 spiro atoms. The molecule has 21 heavy (non-hydrogen) atoms. The number of rotatable bonds is 6. The first-order valence-electron chi connectivity index (χ1n) is 9.01. The van der Waals surface area contributed by atoms with Crippen LogP contribution in [-0.4, -0.2) is 48.6 Å². The highest BCUT2D eigenvalue weighted by atomic mass is 16.2. The van der Waals surface area contributed by atoms with Crippen LogP contribution in [0, 0.1) is 5.92 Å². The van der Waals surface area contributed by atoms with Gasteiger partial charge in [0, 0.05) is 18.6 Å². The van der Waals surface area contributed by atoms with Crippen molar-refractivity contribution in [3.8, 4) is 0 Å². The molecule has 0 aromatic rings. The van der Waals surface area contributed by atoms with Gasteiger partial charge in [-0.3, -0.25) is 9.69 Å². The molecule has 1 unspecified atom stereocenters. The first-order valence-corrected chi connectivity index (χ1v) is 9.01. The largest absolute Gasteiger partial charge is 0.352 e. The first kappa shape index (κ1) is 15.3. The molecule has 2 saturated carbocycles. The molecule has 0 bridgehead atoms. The van der Waals surface area contributed by atoms with E-state index in [1.54, 1.807) is 0 Å². The number of piperidine rings is 1. The van der Waals surface area contributed by atoms with E-state index in [4.69, 9.17) is 0 Å². The Kier molecular flexibility index (Phi) is 5.17. The van der Waals surface area contributed by atoms with Crippen LogP contribution in [0.1, 0.15) is 58.3 Å². The van der Waals surface area contributed by atoms with Gasteiger partial charge in [-0.05, 0) is 64.5 Å². The van der Waals surface area contributed by atoms with Gasteiger partial charge in [-0.15, -0.1) is 0 Å². The highest BCUT2D eigenvalue weighted by Crippen LogP contribution is 2.31. The van der Waals surface area contributed by atoms with Crippen molar-refractivity contribution < 1.29 is 4.79 Å². The number of hydrogen-bond donors (Lipinski definition) is 2. The normalized spacial score (nSPS) is 26.2. The topological polar surface area (TPSA) is 44.4 Å². The third-order valence-electron chi connectivity index (χ3n) is 5.52. The van der Waals surface area contributed by atoms with Crippen LogP contribution in [-0.2, 0) is 4.79 Å². The summed E-state index contributed by atoms with van der Waals surface area (Å²) in [6, 6.07) is 1.16. The number of nitrogens with one attached hydrogen (secondary N) is 2. The summed E-state index contributed by atoms with van der Waals surface area (Å²) in [7, 11) is 0. The van der Waals surface area contributed by atoms with Crippen molar-refractivity contribution in [2.45, 2.75) is 76.4 Å². The van der Waals surface area contributed by atoms with Crippen LogP contribution < -0.4 is 10.6 Å². The van der Waals surface area contributed by atoms with Gasteiger partial charge in [0.15, 0.2) is 0 Å². The number of carbonyl (C=O) groups is 1. The smallest absolute Gasteiger partial charge is 0.237 e. The van der Waals surface area contributed by atoms with Crippen LogP contribution in [0.4, 0.5) is 0 Å². The quantitative estimate of drug-likeness (QED) is 0.786. The molecule has 3 aliphatic rings. The van der Waals surface area contributed by atoms with Crippen LogP contribution in [0.15, 0.2) is 0 Å². The summed E-state index contributed by atoms with van der Waals surface area (Å²) in [5, 5.41) is 6.72. The van der Waals surface area contributed by atoms with Crippen molar-refractivity contribution in [2.75, 3.05) is 19.6 Å². The Labute approximate surface area is 129 Å². The molecule has 1 amide bonds. The van der Waals surface area contributed by atoms with E-state index in [9.17, 15) is 4.79 Å². The average Bonchev–Trinajstić information content (AvgIpc) is 3.22. The fourth-order valence-corrected chi connectivity index (χ4v) is 3.93. The lowest BCUT2D eigenvalue weighted by Gasteiger charge is -2.34. The fraction of sp³-hybridized carbons (Fsp3) is 0.941. The van der Waals surface area contributed by atoms with Crippen molar-refractivity contribution in [2.24, 2.45) is 5.92 Å². The second-order valence-electron chi connectivity index (χ2n) is 7.29. The van der Waals surface area contributed by atoms with Crippen molar-refractivity contribution in [1.29, 1.82) is 0 Å². The summed E-state index contributed by atoms with van der Waals surface area (Å²) in [5.74, 6) is 1.04. The van der Waals surface area contributed by atoms with E-state index in [1.807, 2.05) is 0 Å². The van der Waals surface area contributed by atoms with E-state index in [2.05, 4.69) is 22.5 Å². The van der Waals surface area contributed by atoms with Gasteiger partial charge in [-0.2, -0.15) is 0 Å². The minimum atomic E-state index is 0.0491. The Morgan fingerprint density at radius 2 is 1.81 bits per heavy atom. The van der Waals surface area contributed by atoms with E-state index in [0.29, 0.717) is 12.1 Å². The van der Waals surface area contributed by atoms with Crippen molar-refractivity contribution in [1.82, 2.24) is 15.5 Å². The van der Waals surface area contributed by atoms with Crippen LogP contribution >= 0.6 is 0 Å². The molecule has 120 valence electrons. The summed E-state index contributed by atoms with van der Waals surface area (Å²) in [5.41, 5.74) is 0. The zero-order valence-corrected chi connectivity index (χ0v) is 13.4. The molecule has 0 aromatic heterocycles. The zero-order chi connectivity index (χ0) is 14.7. The summed E-state index contributed by atoms with van der Waals surface area (Å²) in [6.45, 7) is 5.52. The number of nitrogens with zero attached hydrogens (tertiary/aromatic N) is 1. The molecule has 2 aliphatic carbocycles. The Bertz CT molecular complexity index is 344. The molecule has 0 radical (unpaired) electrons. The van der Waals surface area contributed by atoms with Gasteiger partial charge in [0.05, 0.1) is 6.04 Å². The lowest BCUT2D eigenvalue weighted by atomic mass is 9.96. The summed E-state index contributed by atoms with van der Waals surface area (Å²) in [4.78, 5) is 15.0. The lowest BCUT2D eigenvalue weighted by molar-refractivity contribution is -0.127. The molecular weight excluding hydrogens is 262 g/mol. The van der Waals surface area contributed by atoms with Crippen LogP contribution in [0.2, 0.25) is 0 Å². The highest BCUT2D eigenvalue weighted by molar-refractivity contribution is 5.81. The standard InChI is InChI=1S/C17H31N3O/c1-13(17(21)19-15-4-2-3-5-15)20(16-6-7-16)12-14-8-10-18-11-9-14/h13-16,18H,2-12H2,1H3,(H,19,21). The van der Waals surface area contributed by atoms with Gasteiger partial charge in [0.2, 0.25) is 5.91 Å². The molecule has 1 atom stereocenters. The third-order valence-corrected chi connectivity index (χ3v) is 5.52. The van der Waals surface area contributed by atoms with Gasteiger partial charge in [-0.25, -0.2) is 0 Å². The monoisotopic (exact) mass is 293 g/mol. The minimum Gasteiger partial charge on any atom is -0.352 e. The van der Waals surface area contributed by atoms with E-state index in [1.165, 1.54) is 51.4 Å². The molecule has 2 N–H and O–H groups in total. The molecule has 3 fully saturated rings. The Balaban J connectivity index is 1.53. The Morgan fingerprint density at radius 3 is 2.43 bits per heavy atom. The predicted molar refractivity (Wildman–Crippen MR) is 85.2 cm³/mol. The maximum Gasteiger partial charge on any atom is 0.237 e. The molecule has 1 aliphatic heterocycles. The third kappa shape index (κ3) is 4.19. The predicted octanol–water partition coefficient (Wildman–Crippen LogP) is 1.90. The second-order valence-corrected chi connectivity index (χ2v) is 7.29. The van der Waals surface area contributed by atoms with Crippen LogP contribution in [0.25, 0.3) is 0 Å². The van der Waals surface area contributed by atoms with Gasteiger partial charge < -0.3 is 10.6 Å². The van der Waals surface area contributed by atoms with Gasteiger partial charge >= 0.3 is 0 Å². The number of carbonyl (C=O) groups excluding carboxylic acids is 1. The first-order chi connectivity index (χ1) is 10.2. The molecular formula is C17H31N3O. The number of hydrogen-bond acceptors (Lipinski definition) is 3. The van der Waals surface area contributed by atoms with Gasteiger partial charge in [0.1, 0.15) is 0 Å². The Morgan fingerprint density at radius 1 is 1.14 bits per heavy atom. The SMILES string of the molecule is CC(C(=O)NC1CCCC1)N(CC1CCNCC1)C1CC1. The highest BCUT2D eigenvalue weighted by Gasteiger charge is 2.36. The van der Waals surface area contributed by atoms with Crippen molar-refractivity contribution in [3.05, 3.63) is 0 Å². The van der Waals surface area contributed by atoms with Crippen LogP contribution in [0.3, 0.4) is 0 Å². The van der Waals surface area contributed by atoms with E-state index in [0.717, 1.165) is 25.6 Å². The molecule has 4 nitrogen and oxygen atoms in total. The number of amides is 1. The maximum atomic E-state index is 12.5. The molecule has 1 saturated heterocycles. The molecule has 1 heterocycles. The van der Waals surface area contributed by atoms with Gasteiger partial charge in [0.25, 0.3) is 0 Å². The second kappa shape index (κ2) is 7.10. The average molecular weight is 293 g/mol. The van der Waals surface area contributed by atoms with E-state index >= 15 is 0 Å². The molecule has 4 heteroatoms. The minimum absolute atomic E-state index is 0.0491. The Hall–Kier alpha value is -0.610. The lowest BCUT2D eigenvalue weighted by Crippen LogP contribution is -2.50. The molecule has 0 aromatic carbocycles. The summed E-state index contributed by atoms with van der Waals surface area (Å²) < 4.78 is 0. The van der Waals surface area contributed by atoms with E-state index in [-0.39, 0.29) is 11.9 Å². The zero-order valence-electron chi connectivity index (χ0n) is 13.4. The summed E-state index contributed by atoms with van der Waals surface area (Å²) >= 11 is 0. The van der Waals surface area contributed by atoms with Crippen molar-refractivity contribution >= 4 is 5.91 Å².